The highest BCUT2D eigenvalue weighted by Gasteiger charge is 2.16. The van der Waals surface area contributed by atoms with Crippen molar-refractivity contribution in [2.45, 2.75) is 20.6 Å². The molecule has 0 atom stereocenters. The minimum absolute atomic E-state index is 0.105. The lowest BCUT2D eigenvalue weighted by atomic mass is 10.1. The van der Waals surface area contributed by atoms with E-state index in [0.29, 0.717) is 5.02 Å². The number of carbonyl (C=O) groups is 1. The zero-order valence-corrected chi connectivity index (χ0v) is 20.7. The molecule has 4 rings (SSSR count). The summed E-state index contributed by atoms with van der Waals surface area (Å²) in [6.07, 6.45) is 1.60. The van der Waals surface area contributed by atoms with Gasteiger partial charge in [-0.2, -0.15) is 5.10 Å². The molecule has 9 nitrogen and oxygen atoms in total. The molecule has 1 heterocycles. The van der Waals surface area contributed by atoms with Gasteiger partial charge < -0.3 is 14.8 Å². The Balaban J connectivity index is 1.48. The number of nitrogens with zero attached hydrogens (tertiary/aromatic N) is 3. The Labute approximate surface area is 216 Å². The van der Waals surface area contributed by atoms with E-state index in [1.54, 1.807) is 12.3 Å². The minimum atomic E-state index is -0.592. The molecule has 0 radical (unpaired) electrons. The highest BCUT2D eigenvalue weighted by Crippen LogP contribution is 2.34. The Kier molecular flexibility index (Phi) is 7.42. The number of rotatable bonds is 8. The van der Waals surface area contributed by atoms with Crippen LogP contribution < -0.4 is 14.8 Å². The first-order valence-electron chi connectivity index (χ1n) is 10.7. The maximum Gasteiger partial charge on any atom is 0.276 e. The number of anilines is 1. The van der Waals surface area contributed by atoms with Crippen molar-refractivity contribution in [2.24, 2.45) is 0 Å². The van der Waals surface area contributed by atoms with Crippen molar-refractivity contribution in [3.63, 3.8) is 0 Å². The van der Waals surface area contributed by atoms with E-state index in [0.717, 1.165) is 16.9 Å². The van der Waals surface area contributed by atoms with Crippen LogP contribution in [0.2, 0.25) is 10.0 Å². The Morgan fingerprint density at radius 2 is 1.86 bits per heavy atom. The van der Waals surface area contributed by atoms with Gasteiger partial charge in [0.15, 0.2) is 12.4 Å². The van der Waals surface area contributed by atoms with E-state index in [4.69, 9.17) is 32.7 Å². The average molecular weight is 527 g/mol. The summed E-state index contributed by atoms with van der Waals surface area (Å²) in [5.74, 6) is 0.524. The number of aromatic nitrogens is 2. The summed E-state index contributed by atoms with van der Waals surface area (Å²) in [7, 11) is 0. The van der Waals surface area contributed by atoms with E-state index in [-0.39, 0.29) is 40.3 Å². The lowest BCUT2D eigenvalue weighted by Crippen LogP contribution is -2.14. The molecule has 0 aliphatic rings. The maximum atomic E-state index is 12.8. The number of aryl methyl sites for hydroxylation is 2. The summed E-state index contributed by atoms with van der Waals surface area (Å²) < 4.78 is 13.0. The molecular formula is C25H20Cl2N4O5. The van der Waals surface area contributed by atoms with Crippen molar-refractivity contribution < 1.29 is 19.2 Å². The molecule has 0 aliphatic carbocycles. The van der Waals surface area contributed by atoms with Gasteiger partial charge in [-0.25, -0.2) is 4.68 Å². The lowest BCUT2D eigenvalue weighted by molar-refractivity contribution is -0.384. The van der Waals surface area contributed by atoms with Crippen LogP contribution in [0.25, 0.3) is 0 Å². The van der Waals surface area contributed by atoms with Crippen LogP contribution in [-0.4, -0.2) is 20.6 Å². The van der Waals surface area contributed by atoms with Crippen LogP contribution in [0.1, 0.15) is 21.6 Å². The monoisotopic (exact) mass is 526 g/mol. The molecular weight excluding hydrogens is 507 g/mol. The summed E-state index contributed by atoms with van der Waals surface area (Å²) >= 11 is 12.0. The number of non-ortho nitro benzene ring substituents is 1. The third-order valence-electron chi connectivity index (χ3n) is 5.05. The van der Waals surface area contributed by atoms with Gasteiger partial charge in [0.05, 0.1) is 21.7 Å². The molecule has 0 spiro atoms. The van der Waals surface area contributed by atoms with Crippen LogP contribution in [0.5, 0.6) is 17.2 Å². The van der Waals surface area contributed by atoms with Gasteiger partial charge >= 0.3 is 0 Å². The molecule has 36 heavy (non-hydrogen) atoms. The molecule has 0 fully saturated rings. The number of halogens is 2. The van der Waals surface area contributed by atoms with E-state index in [2.05, 4.69) is 10.4 Å². The fraction of sp³-hybridized carbons (Fsp3) is 0.120. The van der Waals surface area contributed by atoms with Gasteiger partial charge in [0.1, 0.15) is 17.2 Å². The molecule has 0 bridgehead atoms. The molecule has 4 aromatic rings. The second kappa shape index (κ2) is 10.7. The Hall–Kier alpha value is -4.08. The highest BCUT2D eigenvalue weighted by molar-refractivity contribution is 6.35. The van der Waals surface area contributed by atoms with E-state index in [1.807, 2.05) is 32.0 Å². The summed E-state index contributed by atoms with van der Waals surface area (Å²) in [6.45, 7) is 4.01. The Morgan fingerprint density at radius 1 is 1.06 bits per heavy atom. The van der Waals surface area contributed by atoms with Gasteiger partial charge in [0, 0.05) is 23.4 Å². The number of benzene rings is 3. The van der Waals surface area contributed by atoms with Crippen LogP contribution in [0.15, 0.2) is 66.9 Å². The van der Waals surface area contributed by atoms with Crippen molar-refractivity contribution in [1.29, 1.82) is 0 Å². The quantitative estimate of drug-likeness (QED) is 0.200. The number of nitro groups is 1. The smallest absolute Gasteiger partial charge is 0.276 e. The number of hydrogen-bond donors (Lipinski definition) is 1. The van der Waals surface area contributed by atoms with Gasteiger partial charge in [0.2, 0.25) is 0 Å². The molecule has 0 saturated carbocycles. The summed E-state index contributed by atoms with van der Waals surface area (Å²) in [5, 5.41) is 18.9. The zero-order chi connectivity index (χ0) is 25.8. The molecule has 0 aliphatic heterocycles. The maximum absolute atomic E-state index is 12.8. The third kappa shape index (κ3) is 6.12. The molecule has 184 valence electrons. The van der Waals surface area contributed by atoms with E-state index in [9.17, 15) is 14.9 Å². The Morgan fingerprint density at radius 3 is 2.61 bits per heavy atom. The fourth-order valence-corrected chi connectivity index (χ4v) is 3.70. The SMILES string of the molecule is Cc1ccc(C)c(OCn2ccc(C(=O)Nc3cc(Oc4ccc(Cl)cc4Cl)cc([N+](=O)[O-])c3)n2)c1. The first-order chi connectivity index (χ1) is 17.2. The molecule has 1 aromatic heterocycles. The summed E-state index contributed by atoms with van der Waals surface area (Å²) in [5.41, 5.74) is 2.02. The highest BCUT2D eigenvalue weighted by atomic mass is 35.5. The van der Waals surface area contributed by atoms with E-state index >= 15 is 0 Å². The van der Waals surface area contributed by atoms with Gasteiger partial charge in [-0.3, -0.25) is 14.9 Å². The normalized spacial score (nSPS) is 10.7. The van der Waals surface area contributed by atoms with Crippen LogP contribution in [-0.2, 0) is 6.73 Å². The number of hydrogen-bond acceptors (Lipinski definition) is 6. The molecule has 3 aromatic carbocycles. The molecule has 1 N–H and O–H groups in total. The largest absolute Gasteiger partial charge is 0.471 e. The molecule has 1 amide bonds. The first-order valence-corrected chi connectivity index (χ1v) is 11.4. The van der Waals surface area contributed by atoms with Crippen molar-refractivity contribution >= 4 is 40.5 Å². The van der Waals surface area contributed by atoms with Crippen LogP contribution in [0.4, 0.5) is 11.4 Å². The number of carbonyl (C=O) groups excluding carboxylic acids is 1. The van der Waals surface area contributed by atoms with Crippen LogP contribution in [0.3, 0.4) is 0 Å². The van der Waals surface area contributed by atoms with Crippen molar-refractivity contribution in [2.75, 3.05) is 5.32 Å². The molecule has 11 heteroatoms. The van der Waals surface area contributed by atoms with Gasteiger partial charge in [-0.1, -0.05) is 35.3 Å². The number of ether oxygens (including phenoxy) is 2. The standard InChI is InChI=1S/C25H20Cl2N4O5/c1-15-3-4-16(2)24(9-15)35-14-30-8-7-22(29-30)25(32)28-18-11-19(31(33)34)13-20(12-18)36-23-6-5-17(26)10-21(23)27/h3-13H,14H2,1-2H3,(H,28,32). The minimum Gasteiger partial charge on any atom is -0.471 e. The second-order valence-electron chi connectivity index (χ2n) is 7.89. The number of nitro benzene ring substituents is 1. The second-order valence-corrected chi connectivity index (χ2v) is 8.73. The number of amides is 1. The van der Waals surface area contributed by atoms with E-state index in [1.165, 1.54) is 41.1 Å². The van der Waals surface area contributed by atoms with Gasteiger partial charge in [0.25, 0.3) is 11.6 Å². The Bertz CT molecular complexity index is 1450. The van der Waals surface area contributed by atoms with Crippen molar-refractivity contribution in [1.82, 2.24) is 9.78 Å². The number of nitrogens with one attached hydrogen (secondary N) is 1. The first kappa shape index (κ1) is 25.0. The summed E-state index contributed by atoms with van der Waals surface area (Å²) in [4.78, 5) is 23.6. The van der Waals surface area contributed by atoms with Crippen LogP contribution >= 0.6 is 23.2 Å². The predicted molar refractivity (Wildman–Crippen MR) is 136 cm³/mol. The molecule has 0 unspecified atom stereocenters. The van der Waals surface area contributed by atoms with Crippen LogP contribution in [0, 0.1) is 24.0 Å². The van der Waals surface area contributed by atoms with Crippen molar-refractivity contribution in [3.05, 3.63) is 104 Å². The lowest BCUT2D eigenvalue weighted by Gasteiger charge is -2.10. The van der Waals surface area contributed by atoms with E-state index < -0.39 is 10.8 Å². The van der Waals surface area contributed by atoms with Gasteiger partial charge in [-0.15, -0.1) is 0 Å². The van der Waals surface area contributed by atoms with Gasteiger partial charge in [-0.05, 0) is 55.3 Å². The zero-order valence-electron chi connectivity index (χ0n) is 19.2. The topological polar surface area (TPSA) is 109 Å². The third-order valence-corrected chi connectivity index (χ3v) is 5.58. The van der Waals surface area contributed by atoms with Crippen molar-refractivity contribution in [3.8, 4) is 17.2 Å². The average Bonchev–Trinajstić information content (AvgIpc) is 3.31. The predicted octanol–water partition coefficient (Wildman–Crippen LogP) is 6.80. The fourth-order valence-electron chi connectivity index (χ4n) is 3.25. The molecule has 0 saturated heterocycles. The summed E-state index contributed by atoms with van der Waals surface area (Å²) in [6, 6.07) is 15.9.